The lowest BCUT2D eigenvalue weighted by molar-refractivity contribution is -0.144. The van der Waals surface area contributed by atoms with Gasteiger partial charge in [-0.1, -0.05) is 31.9 Å². The van der Waals surface area contributed by atoms with E-state index in [1.54, 1.807) is 0 Å². The number of epoxide rings is 1. The fourth-order valence-corrected chi connectivity index (χ4v) is 1.51. The third-order valence-corrected chi connectivity index (χ3v) is 2.73. The first kappa shape index (κ1) is 14.2. The summed E-state index contributed by atoms with van der Waals surface area (Å²) >= 11 is 0. The summed E-state index contributed by atoms with van der Waals surface area (Å²) < 4.78 is 10.0. The third-order valence-electron chi connectivity index (χ3n) is 2.73. The van der Waals surface area contributed by atoms with Gasteiger partial charge in [0.25, 0.3) is 0 Å². The van der Waals surface area contributed by atoms with E-state index in [-0.39, 0.29) is 12.1 Å². The Morgan fingerprint density at radius 2 is 2.00 bits per heavy atom. The van der Waals surface area contributed by atoms with E-state index in [4.69, 9.17) is 9.47 Å². The fraction of sp³-hybridized carbons (Fsp3) is 0.786. The minimum Gasteiger partial charge on any atom is -0.463 e. The highest BCUT2D eigenvalue weighted by Gasteiger charge is 2.23. The average Bonchev–Trinajstić information content (AvgIpc) is 3.14. The van der Waals surface area contributed by atoms with Crippen LogP contribution in [-0.4, -0.2) is 25.3 Å². The van der Waals surface area contributed by atoms with Gasteiger partial charge in [0.1, 0.15) is 12.7 Å². The van der Waals surface area contributed by atoms with Crippen LogP contribution in [0.2, 0.25) is 0 Å². The first-order chi connectivity index (χ1) is 8.33. The first-order valence-electron chi connectivity index (χ1n) is 6.75. The molecule has 3 heteroatoms. The Kier molecular flexibility index (Phi) is 7.72. The summed E-state index contributed by atoms with van der Waals surface area (Å²) in [5.41, 5.74) is 0. The van der Waals surface area contributed by atoms with Crippen molar-refractivity contribution in [2.45, 2.75) is 58.0 Å². The second kappa shape index (κ2) is 9.23. The molecule has 1 rings (SSSR count). The Morgan fingerprint density at radius 1 is 1.29 bits per heavy atom. The highest BCUT2D eigenvalue weighted by atomic mass is 16.6. The molecule has 17 heavy (non-hydrogen) atoms. The maximum Gasteiger partial charge on any atom is 0.305 e. The van der Waals surface area contributed by atoms with E-state index in [9.17, 15) is 4.79 Å². The number of hydrogen-bond donors (Lipinski definition) is 0. The first-order valence-corrected chi connectivity index (χ1v) is 6.75. The Hall–Kier alpha value is -0.830. The molecule has 0 radical (unpaired) electrons. The average molecular weight is 240 g/mol. The van der Waals surface area contributed by atoms with Gasteiger partial charge in [-0.15, -0.1) is 0 Å². The van der Waals surface area contributed by atoms with Crippen molar-refractivity contribution in [1.82, 2.24) is 0 Å². The lowest BCUT2D eigenvalue weighted by Crippen LogP contribution is -2.09. The van der Waals surface area contributed by atoms with Crippen LogP contribution in [0.3, 0.4) is 0 Å². The summed E-state index contributed by atoms with van der Waals surface area (Å²) in [7, 11) is 0. The molecule has 0 aliphatic carbocycles. The van der Waals surface area contributed by atoms with Crippen LogP contribution >= 0.6 is 0 Å². The zero-order valence-electron chi connectivity index (χ0n) is 10.8. The van der Waals surface area contributed by atoms with Crippen LogP contribution < -0.4 is 0 Å². The van der Waals surface area contributed by atoms with Crippen LogP contribution in [0.1, 0.15) is 51.9 Å². The monoisotopic (exact) mass is 240 g/mol. The molecule has 0 saturated carbocycles. The van der Waals surface area contributed by atoms with E-state index in [0.717, 1.165) is 25.9 Å². The summed E-state index contributed by atoms with van der Waals surface area (Å²) in [6, 6.07) is 0. The zero-order valence-corrected chi connectivity index (χ0v) is 10.8. The van der Waals surface area contributed by atoms with Gasteiger partial charge in [0.15, 0.2) is 0 Å². The Morgan fingerprint density at radius 3 is 2.65 bits per heavy atom. The number of carbonyl (C=O) groups excluding carboxylic acids is 1. The van der Waals surface area contributed by atoms with Crippen LogP contribution in [0.5, 0.6) is 0 Å². The van der Waals surface area contributed by atoms with Crippen molar-refractivity contribution in [1.29, 1.82) is 0 Å². The number of unbranched alkanes of at least 4 members (excludes halogenated alkanes) is 4. The molecule has 0 amide bonds. The van der Waals surface area contributed by atoms with Gasteiger partial charge in [-0.2, -0.15) is 0 Å². The van der Waals surface area contributed by atoms with Gasteiger partial charge in [0.2, 0.25) is 0 Å². The number of ether oxygens (including phenoxy) is 2. The van der Waals surface area contributed by atoms with Crippen molar-refractivity contribution in [2.24, 2.45) is 0 Å². The van der Waals surface area contributed by atoms with E-state index in [0.29, 0.717) is 13.0 Å². The van der Waals surface area contributed by atoms with E-state index in [2.05, 4.69) is 19.1 Å². The van der Waals surface area contributed by atoms with E-state index >= 15 is 0 Å². The topological polar surface area (TPSA) is 38.8 Å². The maximum absolute atomic E-state index is 11.3. The van der Waals surface area contributed by atoms with Gasteiger partial charge >= 0.3 is 5.97 Å². The SMILES string of the molecule is CCCC/C=C/CCCCC(=O)OCC1CO1. The third kappa shape index (κ3) is 8.93. The maximum atomic E-state index is 11.3. The minimum atomic E-state index is -0.0875. The zero-order chi connectivity index (χ0) is 12.3. The molecule has 1 heterocycles. The van der Waals surface area contributed by atoms with Gasteiger partial charge < -0.3 is 9.47 Å². The molecular weight excluding hydrogens is 216 g/mol. The van der Waals surface area contributed by atoms with Gasteiger partial charge in [0.05, 0.1) is 6.61 Å². The quantitative estimate of drug-likeness (QED) is 0.255. The van der Waals surface area contributed by atoms with Gasteiger partial charge in [0, 0.05) is 6.42 Å². The standard InChI is InChI=1S/C14H24O3/c1-2-3-4-5-6-7-8-9-10-14(15)17-12-13-11-16-13/h5-6,13H,2-4,7-12H2,1H3/b6-5+. The summed E-state index contributed by atoms with van der Waals surface area (Å²) in [5, 5.41) is 0. The lowest BCUT2D eigenvalue weighted by Gasteiger charge is -2.01. The number of rotatable bonds is 10. The van der Waals surface area contributed by atoms with Gasteiger partial charge in [-0.3, -0.25) is 4.79 Å². The van der Waals surface area contributed by atoms with Gasteiger partial charge in [-0.05, 0) is 25.7 Å². The van der Waals surface area contributed by atoms with Crippen molar-refractivity contribution >= 4 is 5.97 Å². The number of esters is 1. The van der Waals surface area contributed by atoms with Crippen molar-refractivity contribution in [3.63, 3.8) is 0 Å². The molecule has 0 aromatic carbocycles. The highest BCUT2D eigenvalue weighted by molar-refractivity contribution is 5.69. The van der Waals surface area contributed by atoms with Crippen molar-refractivity contribution in [3.8, 4) is 0 Å². The Bertz CT molecular complexity index is 232. The van der Waals surface area contributed by atoms with E-state index < -0.39 is 0 Å². The predicted molar refractivity (Wildman–Crippen MR) is 67.8 cm³/mol. The number of carbonyl (C=O) groups is 1. The van der Waals surface area contributed by atoms with Crippen LogP contribution in [-0.2, 0) is 14.3 Å². The molecule has 0 aromatic rings. The van der Waals surface area contributed by atoms with Crippen molar-refractivity contribution in [2.75, 3.05) is 13.2 Å². The minimum absolute atomic E-state index is 0.0875. The molecule has 0 aromatic heterocycles. The molecule has 1 fully saturated rings. The van der Waals surface area contributed by atoms with Crippen LogP contribution in [0.25, 0.3) is 0 Å². The summed E-state index contributed by atoms with van der Waals surface area (Å²) in [4.78, 5) is 11.3. The molecule has 0 spiro atoms. The molecule has 1 aliphatic heterocycles. The Labute approximate surface area is 104 Å². The molecule has 98 valence electrons. The lowest BCUT2D eigenvalue weighted by atomic mass is 10.1. The number of hydrogen-bond acceptors (Lipinski definition) is 3. The number of allylic oxidation sites excluding steroid dienone is 2. The molecular formula is C14H24O3. The largest absolute Gasteiger partial charge is 0.463 e. The predicted octanol–water partition coefficient (Wildman–Crippen LogP) is 3.24. The summed E-state index contributed by atoms with van der Waals surface area (Å²) in [6.45, 7) is 3.39. The van der Waals surface area contributed by atoms with E-state index in [1.165, 1.54) is 19.3 Å². The summed E-state index contributed by atoms with van der Waals surface area (Å²) in [5.74, 6) is -0.0875. The molecule has 3 nitrogen and oxygen atoms in total. The van der Waals surface area contributed by atoms with E-state index in [1.807, 2.05) is 0 Å². The second-order valence-corrected chi connectivity index (χ2v) is 4.50. The fourth-order valence-electron chi connectivity index (χ4n) is 1.51. The van der Waals surface area contributed by atoms with Crippen molar-refractivity contribution < 1.29 is 14.3 Å². The van der Waals surface area contributed by atoms with Crippen LogP contribution in [0, 0.1) is 0 Å². The molecule has 1 atom stereocenters. The smallest absolute Gasteiger partial charge is 0.305 e. The molecule has 1 saturated heterocycles. The van der Waals surface area contributed by atoms with Crippen molar-refractivity contribution in [3.05, 3.63) is 12.2 Å². The molecule has 1 unspecified atom stereocenters. The van der Waals surface area contributed by atoms with Gasteiger partial charge in [-0.25, -0.2) is 0 Å². The second-order valence-electron chi connectivity index (χ2n) is 4.50. The molecule has 1 aliphatic rings. The molecule has 0 N–H and O–H groups in total. The Balaban J connectivity index is 1.82. The highest BCUT2D eigenvalue weighted by Crippen LogP contribution is 2.10. The van der Waals surface area contributed by atoms with Crippen LogP contribution in [0.4, 0.5) is 0 Å². The van der Waals surface area contributed by atoms with Crippen LogP contribution in [0.15, 0.2) is 12.2 Å². The summed E-state index contributed by atoms with van der Waals surface area (Å²) in [6.07, 6.45) is 11.9. The normalized spacial score (nSPS) is 18.5. The molecule has 0 bridgehead atoms.